The molecule has 146 valence electrons. The molecule has 0 saturated carbocycles. The minimum atomic E-state index is -1.28. The highest BCUT2D eigenvalue weighted by Gasteiger charge is 2.42. The lowest BCUT2D eigenvalue weighted by Gasteiger charge is -2.25. The van der Waals surface area contributed by atoms with Crippen LogP contribution in [0.1, 0.15) is 12.0 Å². The number of nitrogens with zero attached hydrogens (tertiary/aromatic N) is 5. The van der Waals surface area contributed by atoms with E-state index in [4.69, 9.17) is 23.1 Å². The van der Waals surface area contributed by atoms with E-state index >= 15 is 0 Å². The molecule has 1 saturated heterocycles. The van der Waals surface area contributed by atoms with Crippen LogP contribution in [0.4, 0.5) is 11.5 Å². The quantitative estimate of drug-likeness (QED) is 0.530. The number of benzene rings is 1. The van der Waals surface area contributed by atoms with E-state index in [0.29, 0.717) is 41.5 Å². The molecule has 1 atom stereocenters. The summed E-state index contributed by atoms with van der Waals surface area (Å²) in [5.41, 5.74) is 13.5. The van der Waals surface area contributed by atoms with Gasteiger partial charge in [-0.15, -0.1) is 0 Å². The number of aromatic nitrogens is 4. The van der Waals surface area contributed by atoms with Crippen LogP contribution in [0.2, 0.25) is 5.02 Å². The van der Waals surface area contributed by atoms with Gasteiger partial charge in [-0.25, -0.2) is 15.0 Å². The van der Waals surface area contributed by atoms with Gasteiger partial charge in [0.05, 0.1) is 12.9 Å². The van der Waals surface area contributed by atoms with E-state index in [2.05, 4.69) is 30.9 Å². The van der Waals surface area contributed by atoms with Crippen LogP contribution in [0.15, 0.2) is 29.3 Å². The summed E-state index contributed by atoms with van der Waals surface area (Å²) in [6, 6.07) is 3.61. The lowest BCUT2D eigenvalue weighted by Crippen LogP contribution is -2.50. The number of hydrogen-bond donors (Lipinski definition) is 3. The Morgan fingerprint density at radius 2 is 2.14 bits per heavy atom. The Hall–Kier alpha value is -2.43. The molecule has 1 aliphatic rings. The lowest BCUT2D eigenvalue weighted by atomic mass is 10.0. The topological polar surface area (TPSA) is 136 Å². The summed E-state index contributed by atoms with van der Waals surface area (Å²) < 4.78 is 2.65. The Bertz CT molecular complexity index is 1090. The number of carboxylic acid groups (broad SMARTS) is 1. The first-order valence-electron chi connectivity index (χ1n) is 8.45. The largest absolute Gasteiger partial charge is 0.480 e. The van der Waals surface area contributed by atoms with E-state index in [1.54, 1.807) is 12.4 Å². The first kappa shape index (κ1) is 18.9. The second-order valence-electron chi connectivity index (χ2n) is 6.82. The number of fused-ring (bicyclic) bond motifs is 1. The zero-order valence-corrected chi connectivity index (χ0v) is 17.0. The fourth-order valence-corrected chi connectivity index (χ4v) is 4.35. The van der Waals surface area contributed by atoms with Crippen molar-refractivity contribution in [3.8, 4) is 0 Å². The van der Waals surface area contributed by atoms with Crippen LogP contribution in [-0.2, 0) is 11.3 Å². The van der Waals surface area contributed by atoms with Gasteiger partial charge in [0, 0.05) is 33.8 Å². The first-order valence-corrected chi connectivity index (χ1v) is 9.62. The van der Waals surface area contributed by atoms with Gasteiger partial charge in [0.15, 0.2) is 11.5 Å². The highest BCUT2D eigenvalue weighted by molar-refractivity contribution is 9.10. The average Bonchev–Trinajstić information content (AvgIpc) is 3.23. The van der Waals surface area contributed by atoms with Gasteiger partial charge in [0.1, 0.15) is 17.4 Å². The minimum absolute atomic E-state index is 0.196. The molecule has 3 heterocycles. The number of hydrogen-bond acceptors (Lipinski definition) is 7. The van der Waals surface area contributed by atoms with E-state index < -0.39 is 11.5 Å². The normalized spacial score (nSPS) is 19.5. The van der Waals surface area contributed by atoms with Crippen LogP contribution in [0.3, 0.4) is 0 Å². The van der Waals surface area contributed by atoms with Gasteiger partial charge in [0.2, 0.25) is 0 Å². The lowest BCUT2D eigenvalue weighted by molar-refractivity contribution is -0.142. The van der Waals surface area contributed by atoms with Crippen LogP contribution in [0.25, 0.3) is 11.2 Å². The van der Waals surface area contributed by atoms with E-state index in [1.165, 1.54) is 6.33 Å². The fraction of sp³-hybridized carbons (Fsp3) is 0.294. The van der Waals surface area contributed by atoms with E-state index in [9.17, 15) is 9.90 Å². The average molecular weight is 467 g/mol. The zero-order valence-electron chi connectivity index (χ0n) is 14.6. The van der Waals surface area contributed by atoms with Crippen LogP contribution in [-0.4, -0.2) is 49.2 Å². The number of nitrogens with two attached hydrogens (primary N) is 2. The number of carboxylic acids is 1. The monoisotopic (exact) mass is 465 g/mol. The van der Waals surface area contributed by atoms with Crippen molar-refractivity contribution in [2.75, 3.05) is 23.7 Å². The third-order valence-corrected chi connectivity index (χ3v) is 5.89. The summed E-state index contributed by atoms with van der Waals surface area (Å²) in [4.78, 5) is 26.0. The third-order valence-electron chi connectivity index (χ3n) is 4.96. The summed E-state index contributed by atoms with van der Waals surface area (Å²) in [6.45, 7) is 1.14. The SMILES string of the molecule is Nc1ncnc2c1ncn2Cc1c(Br)cc(Cl)cc1N1CCC(N)(C(=O)O)C1. The standard InChI is InChI=1S/C17H17BrClN7O2/c18-11-3-9(19)4-12(25-2-1-17(21,6-25)16(27)28)10(11)5-26-8-24-13-14(20)22-7-23-15(13)26/h3-4,7-8H,1-2,5-6,21H2,(H,27,28)(H2,20,22,23). The van der Waals surface area contributed by atoms with Crippen molar-refractivity contribution in [1.29, 1.82) is 0 Å². The molecule has 0 aliphatic carbocycles. The number of halogens is 2. The summed E-state index contributed by atoms with van der Waals surface area (Å²) in [6.07, 6.45) is 3.39. The third kappa shape index (κ3) is 3.17. The van der Waals surface area contributed by atoms with Crippen molar-refractivity contribution < 1.29 is 9.90 Å². The van der Waals surface area contributed by atoms with Crippen molar-refractivity contribution in [3.05, 3.63) is 39.8 Å². The molecular formula is C17H17BrClN7O2. The molecule has 1 aromatic carbocycles. The molecule has 1 aliphatic heterocycles. The van der Waals surface area contributed by atoms with E-state index in [-0.39, 0.29) is 6.54 Å². The first-order chi connectivity index (χ1) is 13.3. The van der Waals surface area contributed by atoms with E-state index in [1.807, 2.05) is 15.5 Å². The van der Waals surface area contributed by atoms with Gasteiger partial charge in [-0.1, -0.05) is 27.5 Å². The minimum Gasteiger partial charge on any atom is -0.480 e. The van der Waals surface area contributed by atoms with Crippen molar-refractivity contribution in [3.63, 3.8) is 0 Å². The molecule has 0 bridgehead atoms. The second-order valence-corrected chi connectivity index (χ2v) is 8.11. The predicted molar refractivity (Wildman–Crippen MR) is 109 cm³/mol. The Morgan fingerprint density at radius 3 is 2.86 bits per heavy atom. The molecule has 2 aromatic heterocycles. The molecule has 0 spiro atoms. The zero-order chi connectivity index (χ0) is 20.1. The van der Waals surface area contributed by atoms with Gasteiger partial charge < -0.3 is 26.0 Å². The van der Waals surface area contributed by atoms with Crippen molar-refractivity contribution in [2.24, 2.45) is 5.73 Å². The fourth-order valence-electron chi connectivity index (χ4n) is 3.43. The number of aliphatic carboxylic acids is 1. The van der Waals surface area contributed by atoms with Gasteiger partial charge >= 0.3 is 5.97 Å². The number of carbonyl (C=O) groups is 1. The Labute approximate surface area is 173 Å². The highest BCUT2D eigenvalue weighted by atomic mass is 79.9. The number of rotatable bonds is 4. The van der Waals surface area contributed by atoms with Gasteiger partial charge in [-0.05, 0) is 18.6 Å². The molecule has 28 heavy (non-hydrogen) atoms. The van der Waals surface area contributed by atoms with Gasteiger partial charge in [-0.3, -0.25) is 4.79 Å². The Kier molecular flexibility index (Phi) is 4.64. The summed E-state index contributed by atoms with van der Waals surface area (Å²) in [5.74, 6) is -0.696. The molecular weight excluding hydrogens is 450 g/mol. The van der Waals surface area contributed by atoms with Crippen LogP contribution >= 0.6 is 27.5 Å². The maximum atomic E-state index is 11.5. The van der Waals surface area contributed by atoms with Crippen molar-refractivity contribution >= 4 is 56.2 Å². The maximum absolute atomic E-state index is 11.5. The molecule has 4 rings (SSSR count). The second kappa shape index (κ2) is 6.87. The molecule has 3 aromatic rings. The highest BCUT2D eigenvalue weighted by Crippen LogP contribution is 2.36. The smallest absolute Gasteiger partial charge is 0.325 e. The number of nitrogen functional groups attached to an aromatic ring is 1. The summed E-state index contributed by atoms with van der Waals surface area (Å²) in [5, 5.41) is 9.98. The number of imidazole rings is 1. The van der Waals surface area contributed by atoms with Crippen LogP contribution in [0, 0.1) is 0 Å². The van der Waals surface area contributed by atoms with Crippen molar-refractivity contribution in [1.82, 2.24) is 19.5 Å². The molecule has 9 nitrogen and oxygen atoms in total. The molecule has 1 unspecified atom stereocenters. The Morgan fingerprint density at radius 1 is 1.36 bits per heavy atom. The van der Waals surface area contributed by atoms with E-state index in [0.717, 1.165) is 15.7 Å². The van der Waals surface area contributed by atoms with Crippen LogP contribution in [0.5, 0.6) is 0 Å². The molecule has 1 fully saturated rings. The Balaban J connectivity index is 1.75. The summed E-state index contributed by atoms with van der Waals surface area (Å²) >= 11 is 9.85. The molecule has 0 amide bonds. The molecule has 5 N–H and O–H groups in total. The van der Waals surface area contributed by atoms with Gasteiger partial charge in [-0.2, -0.15) is 0 Å². The maximum Gasteiger partial charge on any atom is 0.325 e. The number of anilines is 2. The molecule has 11 heteroatoms. The predicted octanol–water partition coefficient (Wildman–Crippen LogP) is 1.86. The molecule has 0 radical (unpaired) electrons. The van der Waals surface area contributed by atoms with Crippen molar-refractivity contribution in [2.45, 2.75) is 18.5 Å². The van der Waals surface area contributed by atoms with Crippen LogP contribution < -0.4 is 16.4 Å². The van der Waals surface area contributed by atoms with Gasteiger partial charge in [0.25, 0.3) is 0 Å². The summed E-state index contributed by atoms with van der Waals surface area (Å²) in [7, 11) is 0.